The first-order valence-electron chi connectivity index (χ1n) is 8.03. The Hall–Kier alpha value is -2.57. The summed E-state index contributed by atoms with van der Waals surface area (Å²) in [5, 5.41) is 2.96. The van der Waals surface area contributed by atoms with Gasteiger partial charge in [0.05, 0.1) is 10.6 Å². The first-order valence-corrected chi connectivity index (χ1v) is 8.79. The van der Waals surface area contributed by atoms with Crippen LogP contribution in [0.1, 0.15) is 15.9 Å². The average molecular weight is 409 g/mol. The van der Waals surface area contributed by atoms with E-state index in [1.807, 2.05) is 30.3 Å². The van der Waals surface area contributed by atoms with Gasteiger partial charge in [-0.1, -0.05) is 53.5 Å². The van der Waals surface area contributed by atoms with Gasteiger partial charge >= 0.3 is 5.97 Å². The summed E-state index contributed by atoms with van der Waals surface area (Å²) in [5.41, 5.74) is 1.15. The minimum absolute atomic E-state index is 0.172. The van der Waals surface area contributed by atoms with E-state index in [9.17, 15) is 14.4 Å². The van der Waals surface area contributed by atoms with Gasteiger partial charge in [-0.15, -0.1) is 0 Å². The lowest BCUT2D eigenvalue weighted by Gasteiger charge is -2.17. The third kappa shape index (κ3) is 6.58. The molecule has 2 rings (SSSR count). The zero-order chi connectivity index (χ0) is 19.8. The van der Waals surface area contributed by atoms with E-state index in [1.54, 1.807) is 7.05 Å². The number of amides is 2. The minimum atomic E-state index is -0.727. The maximum Gasteiger partial charge on any atom is 0.325 e. The van der Waals surface area contributed by atoms with Crippen molar-refractivity contribution in [3.8, 4) is 0 Å². The van der Waals surface area contributed by atoms with E-state index in [2.05, 4.69) is 5.32 Å². The van der Waals surface area contributed by atoms with Crippen molar-refractivity contribution in [2.45, 2.75) is 6.54 Å². The SMILES string of the molecule is CN(Cc1ccccc1)C(=O)COC(=O)CNC(=O)c1ccc(Cl)cc1Cl. The zero-order valence-corrected chi connectivity index (χ0v) is 16.1. The van der Waals surface area contributed by atoms with Crippen molar-refractivity contribution in [2.75, 3.05) is 20.2 Å². The van der Waals surface area contributed by atoms with Gasteiger partial charge in [-0.3, -0.25) is 14.4 Å². The normalized spacial score (nSPS) is 10.2. The quantitative estimate of drug-likeness (QED) is 0.714. The summed E-state index contributed by atoms with van der Waals surface area (Å²) in [7, 11) is 1.62. The molecule has 142 valence electrons. The van der Waals surface area contributed by atoms with Crippen LogP contribution < -0.4 is 5.32 Å². The van der Waals surface area contributed by atoms with Crippen LogP contribution in [0.15, 0.2) is 48.5 Å². The Kier molecular flexibility index (Phi) is 7.64. The molecular weight excluding hydrogens is 391 g/mol. The number of halogens is 2. The van der Waals surface area contributed by atoms with Gasteiger partial charge in [-0.25, -0.2) is 0 Å². The van der Waals surface area contributed by atoms with Crippen LogP contribution in [-0.2, 0) is 20.9 Å². The van der Waals surface area contributed by atoms with Crippen molar-refractivity contribution in [3.63, 3.8) is 0 Å². The van der Waals surface area contributed by atoms with Gasteiger partial charge in [0.2, 0.25) is 0 Å². The van der Waals surface area contributed by atoms with E-state index in [-0.39, 0.29) is 23.0 Å². The average Bonchev–Trinajstić information content (AvgIpc) is 2.64. The highest BCUT2D eigenvalue weighted by atomic mass is 35.5. The van der Waals surface area contributed by atoms with Gasteiger partial charge in [-0.05, 0) is 23.8 Å². The number of hydrogen-bond acceptors (Lipinski definition) is 4. The number of nitrogens with zero attached hydrogens (tertiary/aromatic N) is 1. The number of carbonyl (C=O) groups excluding carboxylic acids is 3. The van der Waals surface area contributed by atoms with Crippen molar-refractivity contribution in [2.24, 2.45) is 0 Å². The molecule has 0 aliphatic carbocycles. The molecule has 0 unspecified atom stereocenters. The Bertz CT molecular complexity index is 828. The van der Waals surface area contributed by atoms with Crippen LogP contribution in [0.2, 0.25) is 10.0 Å². The van der Waals surface area contributed by atoms with E-state index in [0.717, 1.165) is 5.56 Å². The second-order valence-corrected chi connectivity index (χ2v) is 6.55. The van der Waals surface area contributed by atoms with E-state index < -0.39 is 18.5 Å². The van der Waals surface area contributed by atoms with Gasteiger partial charge in [0.1, 0.15) is 6.54 Å². The second-order valence-electron chi connectivity index (χ2n) is 5.70. The molecule has 0 spiro atoms. The van der Waals surface area contributed by atoms with E-state index in [4.69, 9.17) is 27.9 Å². The maximum absolute atomic E-state index is 12.0. The van der Waals surface area contributed by atoms with E-state index >= 15 is 0 Å². The molecule has 0 aliphatic heterocycles. The molecule has 2 aromatic carbocycles. The van der Waals surface area contributed by atoms with Crippen LogP contribution >= 0.6 is 23.2 Å². The molecule has 2 aromatic rings. The molecule has 0 aromatic heterocycles. The predicted molar refractivity (Wildman–Crippen MR) is 103 cm³/mol. The molecule has 0 atom stereocenters. The summed E-state index contributed by atoms with van der Waals surface area (Å²) in [6, 6.07) is 13.8. The first kappa shape index (κ1) is 20.7. The fraction of sp³-hybridized carbons (Fsp3) is 0.211. The van der Waals surface area contributed by atoms with Crippen LogP contribution in [0.3, 0.4) is 0 Å². The van der Waals surface area contributed by atoms with Crippen LogP contribution in [0.5, 0.6) is 0 Å². The molecule has 2 amide bonds. The zero-order valence-electron chi connectivity index (χ0n) is 14.6. The third-order valence-corrected chi connectivity index (χ3v) is 4.16. The highest BCUT2D eigenvalue weighted by Gasteiger charge is 2.15. The summed E-state index contributed by atoms with van der Waals surface area (Å²) in [5.74, 6) is -1.62. The van der Waals surface area contributed by atoms with Gasteiger partial charge in [0.25, 0.3) is 11.8 Å². The monoisotopic (exact) mass is 408 g/mol. The van der Waals surface area contributed by atoms with Crippen molar-refractivity contribution in [1.29, 1.82) is 0 Å². The Balaban J connectivity index is 1.75. The molecule has 0 fully saturated rings. The number of benzene rings is 2. The van der Waals surface area contributed by atoms with Crippen molar-refractivity contribution >= 4 is 41.0 Å². The number of rotatable bonds is 7. The number of nitrogens with one attached hydrogen (secondary N) is 1. The molecule has 8 heteroatoms. The molecule has 27 heavy (non-hydrogen) atoms. The summed E-state index contributed by atoms with van der Waals surface area (Å²) < 4.78 is 4.90. The molecule has 1 N–H and O–H groups in total. The number of esters is 1. The highest BCUT2D eigenvalue weighted by Crippen LogP contribution is 2.20. The molecule has 0 aliphatic rings. The van der Waals surface area contributed by atoms with Crippen LogP contribution in [0, 0.1) is 0 Å². The van der Waals surface area contributed by atoms with Gasteiger partial charge < -0.3 is 15.0 Å². The Morgan fingerprint density at radius 1 is 1.07 bits per heavy atom. The van der Waals surface area contributed by atoms with Crippen LogP contribution in [-0.4, -0.2) is 42.9 Å². The summed E-state index contributed by atoms with van der Waals surface area (Å²) in [4.78, 5) is 37.2. The third-order valence-electron chi connectivity index (χ3n) is 3.61. The summed E-state index contributed by atoms with van der Waals surface area (Å²) >= 11 is 11.7. The van der Waals surface area contributed by atoms with E-state index in [0.29, 0.717) is 11.6 Å². The molecular formula is C19H18Cl2N2O4. The fourth-order valence-corrected chi connectivity index (χ4v) is 2.66. The van der Waals surface area contributed by atoms with Gasteiger partial charge in [0.15, 0.2) is 6.61 Å². The van der Waals surface area contributed by atoms with E-state index in [1.165, 1.54) is 23.1 Å². The Morgan fingerprint density at radius 2 is 1.78 bits per heavy atom. The number of hydrogen-bond donors (Lipinski definition) is 1. The van der Waals surface area contributed by atoms with Gasteiger partial charge in [-0.2, -0.15) is 0 Å². The predicted octanol–water partition coefficient (Wildman–Crippen LogP) is 2.93. The van der Waals surface area contributed by atoms with Crippen molar-refractivity contribution in [3.05, 3.63) is 69.7 Å². The Morgan fingerprint density at radius 3 is 2.44 bits per heavy atom. The molecule has 0 bridgehead atoms. The van der Waals surface area contributed by atoms with Crippen LogP contribution in [0.4, 0.5) is 0 Å². The van der Waals surface area contributed by atoms with Gasteiger partial charge in [0, 0.05) is 18.6 Å². The number of ether oxygens (including phenoxy) is 1. The lowest BCUT2D eigenvalue weighted by molar-refractivity contribution is -0.150. The molecule has 6 nitrogen and oxygen atoms in total. The molecule has 0 heterocycles. The maximum atomic E-state index is 12.0. The number of likely N-dealkylation sites (N-methyl/N-ethyl adjacent to an activating group) is 1. The fourth-order valence-electron chi connectivity index (χ4n) is 2.17. The topological polar surface area (TPSA) is 75.7 Å². The highest BCUT2D eigenvalue weighted by molar-refractivity contribution is 6.36. The Labute approximate surface area is 167 Å². The standard InChI is InChI=1S/C19H18Cl2N2O4/c1-23(11-13-5-3-2-4-6-13)17(24)12-27-18(25)10-22-19(26)15-8-7-14(20)9-16(15)21/h2-9H,10-12H2,1H3,(H,22,26). The summed E-state index contributed by atoms with van der Waals surface area (Å²) in [6.45, 7) is -0.379. The molecule has 0 saturated carbocycles. The number of carbonyl (C=O) groups is 3. The second kappa shape index (κ2) is 9.94. The summed E-state index contributed by atoms with van der Waals surface area (Å²) in [6.07, 6.45) is 0. The first-order chi connectivity index (χ1) is 12.9. The van der Waals surface area contributed by atoms with Crippen molar-refractivity contribution < 1.29 is 19.1 Å². The van der Waals surface area contributed by atoms with Crippen LogP contribution in [0.25, 0.3) is 0 Å². The smallest absolute Gasteiger partial charge is 0.325 e. The molecule has 0 saturated heterocycles. The molecule has 0 radical (unpaired) electrons. The largest absolute Gasteiger partial charge is 0.454 e. The van der Waals surface area contributed by atoms with Crippen molar-refractivity contribution in [1.82, 2.24) is 10.2 Å². The lowest BCUT2D eigenvalue weighted by Crippen LogP contribution is -2.34. The lowest BCUT2D eigenvalue weighted by atomic mass is 10.2. The minimum Gasteiger partial charge on any atom is -0.454 e.